The summed E-state index contributed by atoms with van der Waals surface area (Å²) in [5.41, 5.74) is 3.00. The first kappa shape index (κ1) is 25.7. The van der Waals surface area contributed by atoms with Crippen molar-refractivity contribution in [3.8, 4) is 0 Å². The predicted octanol–water partition coefficient (Wildman–Crippen LogP) is 1.89. The number of pyridine rings is 1. The molecule has 198 valence electrons. The highest BCUT2D eigenvalue weighted by atomic mass is 32.1. The molecule has 2 aliphatic heterocycles. The van der Waals surface area contributed by atoms with E-state index in [0.717, 1.165) is 36.7 Å². The number of benzene rings is 1. The summed E-state index contributed by atoms with van der Waals surface area (Å²) in [5.74, 6) is -0.418. The Kier molecular flexibility index (Phi) is 7.89. The number of carbonyl (C=O) groups excluding carboxylic acids is 3. The van der Waals surface area contributed by atoms with Crippen molar-refractivity contribution in [1.29, 1.82) is 0 Å². The summed E-state index contributed by atoms with van der Waals surface area (Å²) in [6.45, 7) is 6.94. The van der Waals surface area contributed by atoms with Gasteiger partial charge in [-0.2, -0.15) is 0 Å². The van der Waals surface area contributed by atoms with E-state index in [1.807, 2.05) is 21.9 Å². The zero-order valence-electron chi connectivity index (χ0n) is 21.2. The molecule has 1 aromatic carbocycles. The van der Waals surface area contributed by atoms with Gasteiger partial charge in [0.1, 0.15) is 4.88 Å². The lowest BCUT2D eigenvalue weighted by atomic mass is 10.1. The Morgan fingerprint density at radius 3 is 2.47 bits per heavy atom. The van der Waals surface area contributed by atoms with Crippen LogP contribution in [-0.4, -0.2) is 94.5 Å². The lowest BCUT2D eigenvalue weighted by Crippen LogP contribution is -2.49. The lowest BCUT2D eigenvalue weighted by molar-refractivity contribution is 0.0743. The van der Waals surface area contributed by atoms with Crippen LogP contribution in [0, 0.1) is 6.92 Å². The Morgan fingerprint density at radius 1 is 0.947 bits per heavy atom. The zero-order chi connectivity index (χ0) is 26.5. The van der Waals surface area contributed by atoms with Crippen LogP contribution in [-0.2, 0) is 0 Å². The van der Waals surface area contributed by atoms with E-state index >= 15 is 0 Å². The van der Waals surface area contributed by atoms with Gasteiger partial charge in [0.05, 0.1) is 22.6 Å². The Balaban J connectivity index is 1.37. The summed E-state index contributed by atoms with van der Waals surface area (Å²) >= 11 is 1.04. The molecule has 4 heterocycles. The number of rotatable bonds is 5. The normalized spacial score (nSPS) is 16.2. The van der Waals surface area contributed by atoms with Crippen LogP contribution >= 0.6 is 11.5 Å². The van der Waals surface area contributed by atoms with Crippen molar-refractivity contribution in [3.05, 3.63) is 64.4 Å². The van der Waals surface area contributed by atoms with Crippen molar-refractivity contribution in [2.24, 2.45) is 0 Å². The summed E-state index contributed by atoms with van der Waals surface area (Å²) in [7, 11) is 0. The molecule has 2 N–H and O–H groups in total. The number of piperazine rings is 1. The summed E-state index contributed by atoms with van der Waals surface area (Å²) in [5, 5.41) is 10.3. The van der Waals surface area contributed by atoms with Gasteiger partial charge in [-0.25, -0.2) is 0 Å². The van der Waals surface area contributed by atoms with Crippen LogP contribution in [0.25, 0.3) is 0 Å². The maximum absolute atomic E-state index is 13.3. The molecule has 0 spiro atoms. The molecule has 0 atom stereocenters. The first-order valence-electron chi connectivity index (χ1n) is 12.7. The molecule has 12 heteroatoms. The molecule has 0 saturated carbocycles. The Morgan fingerprint density at radius 2 is 1.74 bits per heavy atom. The van der Waals surface area contributed by atoms with E-state index in [2.05, 4.69) is 30.1 Å². The number of amides is 3. The third-order valence-electron chi connectivity index (χ3n) is 6.79. The average Bonchev–Trinajstić information content (AvgIpc) is 3.21. The number of aryl methyl sites for hydroxylation is 1. The van der Waals surface area contributed by atoms with Crippen LogP contribution in [0.2, 0.25) is 0 Å². The monoisotopic (exact) mass is 534 g/mol. The maximum Gasteiger partial charge on any atom is 0.269 e. The van der Waals surface area contributed by atoms with Crippen LogP contribution in [0.4, 0.5) is 11.4 Å². The van der Waals surface area contributed by atoms with E-state index in [1.54, 1.807) is 37.5 Å². The minimum Gasteiger partial charge on any atom is -0.366 e. The van der Waals surface area contributed by atoms with Crippen molar-refractivity contribution in [1.82, 2.24) is 29.7 Å². The van der Waals surface area contributed by atoms with Crippen molar-refractivity contribution < 1.29 is 14.4 Å². The van der Waals surface area contributed by atoms with Crippen molar-refractivity contribution in [3.63, 3.8) is 0 Å². The molecule has 38 heavy (non-hydrogen) atoms. The Hall–Kier alpha value is -3.90. The van der Waals surface area contributed by atoms with E-state index in [9.17, 15) is 14.4 Å². The summed E-state index contributed by atoms with van der Waals surface area (Å²) < 4.78 is 3.87. The number of aromatic nitrogens is 3. The van der Waals surface area contributed by atoms with E-state index in [-0.39, 0.29) is 17.7 Å². The Labute approximate surface area is 225 Å². The standard InChI is InChI=1S/C26H30N8O3S/c1-18-23(38-31-30-18)24(35)29-21-16-19(25(36)33-10-3-8-27-9-11-33)5-6-22(21)32-12-14-34(15-13-32)26(37)20-4-2-7-28-17-20/h2,4-7,16-17,27H,3,8-15H2,1H3,(H,29,35). The second kappa shape index (κ2) is 11.7. The van der Waals surface area contributed by atoms with Crippen molar-refractivity contribution in [2.75, 3.05) is 62.6 Å². The van der Waals surface area contributed by atoms with Gasteiger partial charge in [-0.1, -0.05) is 4.49 Å². The molecule has 2 fully saturated rings. The Bertz CT molecular complexity index is 1300. The zero-order valence-corrected chi connectivity index (χ0v) is 22.0. The molecule has 2 aliphatic rings. The highest BCUT2D eigenvalue weighted by Crippen LogP contribution is 2.30. The molecule has 5 rings (SSSR count). The molecule has 3 amide bonds. The largest absolute Gasteiger partial charge is 0.366 e. The number of nitrogens with one attached hydrogen (secondary N) is 2. The lowest BCUT2D eigenvalue weighted by Gasteiger charge is -2.37. The van der Waals surface area contributed by atoms with Gasteiger partial charge in [-0.05, 0) is 61.8 Å². The molecule has 0 bridgehead atoms. The summed E-state index contributed by atoms with van der Waals surface area (Å²) in [4.78, 5) is 49.5. The van der Waals surface area contributed by atoms with Gasteiger partial charge in [0.25, 0.3) is 17.7 Å². The topological polar surface area (TPSA) is 124 Å². The van der Waals surface area contributed by atoms with Crippen LogP contribution < -0.4 is 15.5 Å². The second-order valence-electron chi connectivity index (χ2n) is 9.29. The maximum atomic E-state index is 13.3. The van der Waals surface area contributed by atoms with Crippen LogP contribution in [0.3, 0.4) is 0 Å². The molecule has 0 radical (unpaired) electrons. The molecular weight excluding hydrogens is 504 g/mol. The SMILES string of the molecule is Cc1nnsc1C(=O)Nc1cc(C(=O)N2CCCNCC2)ccc1N1CCN(C(=O)c2cccnc2)CC1. The van der Waals surface area contributed by atoms with Crippen LogP contribution in [0.15, 0.2) is 42.7 Å². The first-order valence-corrected chi connectivity index (χ1v) is 13.5. The smallest absolute Gasteiger partial charge is 0.269 e. The number of nitrogens with zero attached hydrogens (tertiary/aromatic N) is 6. The molecular formula is C26H30N8O3S. The molecule has 0 unspecified atom stereocenters. The second-order valence-corrected chi connectivity index (χ2v) is 10.0. The fourth-order valence-corrected chi connectivity index (χ4v) is 5.27. The van der Waals surface area contributed by atoms with Gasteiger partial charge < -0.3 is 25.3 Å². The van der Waals surface area contributed by atoms with Crippen molar-refractivity contribution in [2.45, 2.75) is 13.3 Å². The van der Waals surface area contributed by atoms with Gasteiger partial charge in [0.15, 0.2) is 0 Å². The number of carbonyl (C=O) groups is 3. The summed E-state index contributed by atoms with van der Waals surface area (Å²) in [6.07, 6.45) is 4.12. The average molecular weight is 535 g/mol. The molecule has 11 nitrogen and oxygen atoms in total. The van der Waals surface area contributed by atoms with Gasteiger partial charge in [-0.3, -0.25) is 19.4 Å². The highest BCUT2D eigenvalue weighted by molar-refractivity contribution is 7.08. The molecule has 0 aliphatic carbocycles. The van der Waals surface area contributed by atoms with Crippen LogP contribution in [0.5, 0.6) is 0 Å². The van der Waals surface area contributed by atoms with Gasteiger partial charge in [-0.15, -0.1) is 5.10 Å². The first-order chi connectivity index (χ1) is 18.5. The fraction of sp³-hybridized carbons (Fsp3) is 0.385. The molecule has 2 saturated heterocycles. The summed E-state index contributed by atoms with van der Waals surface area (Å²) in [6, 6.07) is 8.98. The van der Waals surface area contributed by atoms with Crippen LogP contribution in [0.1, 0.15) is 42.5 Å². The fourth-order valence-electron chi connectivity index (χ4n) is 4.72. The highest BCUT2D eigenvalue weighted by Gasteiger charge is 2.26. The quantitative estimate of drug-likeness (QED) is 0.509. The van der Waals surface area contributed by atoms with Gasteiger partial charge in [0.2, 0.25) is 0 Å². The van der Waals surface area contributed by atoms with E-state index in [1.165, 1.54) is 0 Å². The van der Waals surface area contributed by atoms with E-state index in [0.29, 0.717) is 66.7 Å². The number of hydrogen-bond donors (Lipinski definition) is 2. The third kappa shape index (κ3) is 5.65. The van der Waals surface area contributed by atoms with Gasteiger partial charge in [0, 0.05) is 63.8 Å². The molecule has 3 aromatic rings. The number of hydrogen-bond acceptors (Lipinski definition) is 9. The number of anilines is 2. The van der Waals surface area contributed by atoms with Gasteiger partial charge >= 0.3 is 0 Å². The van der Waals surface area contributed by atoms with E-state index in [4.69, 9.17) is 0 Å². The van der Waals surface area contributed by atoms with E-state index < -0.39 is 0 Å². The third-order valence-corrected chi connectivity index (χ3v) is 7.62. The predicted molar refractivity (Wildman–Crippen MR) is 145 cm³/mol. The molecule has 2 aromatic heterocycles. The minimum atomic E-state index is -0.312. The van der Waals surface area contributed by atoms with Crippen molar-refractivity contribution >= 4 is 40.6 Å². The minimum absolute atomic E-state index is 0.0488.